The van der Waals surface area contributed by atoms with Crippen molar-refractivity contribution in [3.63, 3.8) is 0 Å². The lowest BCUT2D eigenvalue weighted by molar-refractivity contribution is -0.143. The first-order valence-electron chi connectivity index (χ1n) is 3.78. The zero-order valence-corrected chi connectivity index (χ0v) is 7.67. The van der Waals surface area contributed by atoms with Gasteiger partial charge in [-0.2, -0.15) is 5.01 Å². The molecule has 1 heterocycles. The summed E-state index contributed by atoms with van der Waals surface area (Å²) >= 11 is 0. The first kappa shape index (κ1) is 9.44. The van der Waals surface area contributed by atoms with Crippen molar-refractivity contribution in [1.29, 1.82) is 0 Å². The average Bonchev–Trinajstić information content (AvgIpc) is 2.26. The zero-order valence-electron chi connectivity index (χ0n) is 7.67. The maximum Gasteiger partial charge on any atom is 0.285 e. The van der Waals surface area contributed by atoms with Gasteiger partial charge in [0, 0.05) is 6.92 Å². The Balaban J connectivity index is 3.09. The molecule has 70 valence electrons. The van der Waals surface area contributed by atoms with Gasteiger partial charge in [-0.15, -0.1) is 0 Å². The minimum atomic E-state index is -0.572. The van der Waals surface area contributed by atoms with E-state index in [1.807, 2.05) is 0 Å². The molecule has 0 spiro atoms. The van der Waals surface area contributed by atoms with Crippen LogP contribution in [0.4, 0.5) is 0 Å². The molecular formula is C8H10N2O3. The maximum absolute atomic E-state index is 11.4. The van der Waals surface area contributed by atoms with Crippen LogP contribution in [-0.4, -0.2) is 22.7 Å². The highest BCUT2D eigenvalue weighted by Gasteiger charge is 2.36. The van der Waals surface area contributed by atoms with E-state index < -0.39 is 17.7 Å². The summed E-state index contributed by atoms with van der Waals surface area (Å²) in [6.07, 6.45) is 0. The fourth-order valence-electron chi connectivity index (χ4n) is 1.08. The van der Waals surface area contributed by atoms with Gasteiger partial charge < -0.3 is 0 Å². The lowest BCUT2D eigenvalue weighted by Crippen LogP contribution is -2.39. The number of hydrazine groups is 1. The van der Waals surface area contributed by atoms with E-state index in [4.69, 9.17) is 0 Å². The Bertz CT molecular complexity index is 326. The van der Waals surface area contributed by atoms with Crippen molar-refractivity contribution in [2.75, 3.05) is 0 Å². The topological polar surface area (TPSA) is 66.5 Å². The molecule has 5 heteroatoms. The van der Waals surface area contributed by atoms with Crippen LogP contribution in [0.2, 0.25) is 0 Å². The van der Waals surface area contributed by atoms with Crippen LogP contribution in [0, 0.1) is 0 Å². The van der Waals surface area contributed by atoms with E-state index in [1.165, 1.54) is 6.92 Å². The molecule has 1 fully saturated rings. The number of allylic oxidation sites excluding steroid dienone is 1. The first-order chi connectivity index (χ1) is 5.95. The van der Waals surface area contributed by atoms with Crippen LogP contribution in [0.15, 0.2) is 11.1 Å². The molecule has 1 N–H and O–H groups in total. The van der Waals surface area contributed by atoms with E-state index in [-0.39, 0.29) is 5.57 Å². The van der Waals surface area contributed by atoms with Crippen LogP contribution < -0.4 is 5.43 Å². The Kier molecular flexibility index (Phi) is 2.18. The molecule has 0 unspecified atom stereocenters. The summed E-state index contributed by atoms with van der Waals surface area (Å²) in [6.45, 7) is 4.51. The van der Waals surface area contributed by atoms with Crippen molar-refractivity contribution in [1.82, 2.24) is 10.4 Å². The molecule has 0 radical (unpaired) electrons. The van der Waals surface area contributed by atoms with Crippen LogP contribution in [0.3, 0.4) is 0 Å². The van der Waals surface area contributed by atoms with Gasteiger partial charge in [0.05, 0.1) is 0 Å². The molecule has 1 aliphatic heterocycles. The number of nitrogens with one attached hydrogen (secondary N) is 1. The summed E-state index contributed by atoms with van der Waals surface area (Å²) in [4.78, 5) is 33.4. The third-order valence-corrected chi connectivity index (χ3v) is 1.67. The number of hydrogen-bond donors (Lipinski definition) is 1. The fraction of sp³-hybridized carbons (Fsp3) is 0.375. The van der Waals surface area contributed by atoms with E-state index in [2.05, 4.69) is 5.43 Å². The normalized spacial score (nSPS) is 16.2. The summed E-state index contributed by atoms with van der Waals surface area (Å²) in [6, 6.07) is 0. The van der Waals surface area contributed by atoms with Crippen LogP contribution in [-0.2, 0) is 14.4 Å². The van der Waals surface area contributed by atoms with Gasteiger partial charge in [0.1, 0.15) is 5.57 Å². The van der Waals surface area contributed by atoms with Gasteiger partial charge >= 0.3 is 0 Å². The van der Waals surface area contributed by atoms with Crippen molar-refractivity contribution >= 4 is 17.7 Å². The number of rotatable bonds is 0. The summed E-state index contributed by atoms with van der Waals surface area (Å²) < 4.78 is 0. The Hall–Kier alpha value is -1.65. The fourth-order valence-corrected chi connectivity index (χ4v) is 1.08. The molecule has 13 heavy (non-hydrogen) atoms. The molecule has 3 amide bonds. The van der Waals surface area contributed by atoms with Crippen molar-refractivity contribution in [2.24, 2.45) is 0 Å². The molecule has 1 aliphatic rings. The summed E-state index contributed by atoms with van der Waals surface area (Å²) in [5, 5.41) is 0.713. The highest BCUT2D eigenvalue weighted by Crippen LogP contribution is 2.13. The predicted molar refractivity (Wildman–Crippen MR) is 44.0 cm³/mol. The molecule has 0 aliphatic carbocycles. The molecule has 0 saturated carbocycles. The summed E-state index contributed by atoms with van der Waals surface area (Å²) in [5.41, 5.74) is 2.83. The largest absolute Gasteiger partial charge is 0.285 e. The zero-order chi connectivity index (χ0) is 10.2. The Morgan fingerprint density at radius 1 is 1.23 bits per heavy atom. The summed E-state index contributed by atoms with van der Waals surface area (Å²) in [5.74, 6) is -1.58. The van der Waals surface area contributed by atoms with E-state index >= 15 is 0 Å². The van der Waals surface area contributed by atoms with Crippen molar-refractivity contribution in [2.45, 2.75) is 20.8 Å². The minimum absolute atomic E-state index is 0.0511. The van der Waals surface area contributed by atoms with Gasteiger partial charge in [-0.25, -0.2) is 0 Å². The minimum Gasteiger partial charge on any atom is -0.273 e. The lowest BCUT2D eigenvalue weighted by atomic mass is 10.1. The van der Waals surface area contributed by atoms with Gasteiger partial charge in [-0.1, -0.05) is 5.57 Å². The van der Waals surface area contributed by atoms with E-state index in [0.29, 0.717) is 10.6 Å². The number of nitrogens with zero attached hydrogens (tertiary/aromatic N) is 1. The van der Waals surface area contributed by atoms with Gasteiger partial charge in [-0.05, 0) is 13.8 Å². The number of carbonyl (C=O) groups is 3. The van der Waals surface area contributed by atoms with Crippen LogP contribution >= 0.6 is 0 Å². The van der Waals surface area contributed by atoms with Crippen molar-refractivity contribution < 1.29 is 14.4 Å². The number of hydrogen-bond acceptors (Lipinski definition) is 3. The van der Waals surface area contributed by atoms with Gasteiger partial charge in [0.2, 0.25) is 5.91 Å². The average molecular weight is 182 g/mol. The Morgan fingerprint density at radius 2 is 1.77 bits per heavy atom. The van der Waals surface area contributed by atoms with Gasteiger partial charge in [0.25, 0.3) is 11.8 Å². The lowest BCUT2D eigenvalue weighted by Gasteiger charge is -2.07. The second kappa shape index (κ2) is 3.01. The highest BCUT2D eigenvalue weighted by atomic mass is 16.2. The van der Waals surface area contributed by atoms with Crippen molar-refractivity contribution in [3.05, 3.63) is 11.1 Å². The van der Waals surface area contributed by atoms with Crippen molar-refractivity contribution in [3.8, 4) is 0 Å². The first-order valence-corrected chi connectivity index (χ1v) is 3.78. The highest BCUT2D eigenvalue weighted by molar-refractivity contribution is 6.26. The van der Waals surface area contributed by atoms with E-state index in [1.54, 1.807) is 13.8 Å². The molecule has 1 saturated heterocycles. The molecule has 0 bridgehead atoms. The predicted octanol–water partition coefficient (Wildman–Crippen LogP) is -0.257. The third kappa shape index (κ3) is 1.44. The molecule has 1 rings (SSSR count). The SMILES string of the molecule is CC(=O)N1NC(=O)C(=C(C)C)C1=O. The summed E-state index contributed by atoms with van der Waals surface area (Å²) in [7, 11) is 0. The smallest absolute Gasteiger partial charge is 0.273 e. The van der Waals surface area contributed by atoms with E-state index in [0.717, 1.165) is 0 Å². The van der Waals surface area contributed by atoms with Crippen LogP contribution in [0.25, 0.3) is 0 Å². The Morgan fingerprint density at radius 3 is 2.00 bits per heavy atom. The molecule has 5 nitrogen and oxygen atoms in total. The van der Waals surface area contributed by atoms with Crippen LogP contribution in [0.5, 0.6) is 0 Å². The monoisotopic (exact) mass is 182 g/mol. The standard InChI is InChI=1S/C8H10N2O3/c1-4(2)6-7(12)9-10(5(3)11)8(6)13/h1-3H3,(H,9,12). The molecule has 0 aromatic rings. The number of imide groups is 1. The molecule has 0 atom stereocenters. The quantitative estimate of drug-likeness (QED) is 0.414. The number of amides is 3. The molecule has 0 aromatic heterocycles. The molecule has 0 aromatic carbocycles. The van der Waals surface area contributed by atoms with E-state index in [9.17, 15) is 14.4 Å². The number of carbonyl (C=O) groups excluding carboxylic acids is 3. The van der Waals surface area contributed by atoms with Gasteiger partial charge in [0.15, 0.2) is 0 Å². The maximum atomic E-state index is 11.4. The van der Waals surface area contributed by atoms with Gasteiger partial charge in [-0.3, -0.25) is 19.8 Å². The Labute approximate surface area is 75.4 Å². The second-order valence-corrected chi connectivity index (χ2v) is 2.98. The van der Waals surface area contributed by atoms with Crippen LogP contribution in [0.1, 0.15) is 20.8 Å². The molecular weight excluding hydrogens is 172 g/mol. The third-order valence-electron chi connectivity index (χ3n) is 1.67. The second-order valence-electron chi connectivity index (χ2n) is 2.98.